The van der Waals surface area contributed by atoms with Crippen LogP contribution in [0, 0.1) is 11.8 Å². The van der Waals surface area contributed by atoms with Gasteiger partial charge in [-0.15, -0.1) is 0 Å². The minimum atomic E-state index is -4.58. The molecule has 0 saturated heterocycles. The lowest BCUT2D eigenvalue weighted by Crippen LogP contribution is -2.47. The number of nitrogens with one attached hydrogen (secondary N) is 2. The van der Waals surface area contributed by atoms with Gasteiger partial charge < -0.3 is 15.5 Å². The summed E-state index contributed by atoms with van der Waals surface area (Å²) in [7, 11) is 1.69. The Balaban J connectivity index is 1.53. The number of rotatable bonds is 4. The van der Waals surface area contributed by atoms with Crippen LogP contribution < -0.4 is 10.6 Å². The van der Waals surface area contributed by atoms with Crippen molar-refractivity contribution >= 4 is 40.5 Å². The van der Waals surface area contributed by atoms with Crippen LogP contribution in [0.25, 0.3) is 0 Å². The zero-order chi connectivity index (χ0) is 19.8. The van der Waals surface area contributed by atoms with E-state index in [-0.39, 0.29) is 12.2 Å². The van der Waals surface area contributed by atoms with Gasteiger partial charge in [-0.3, -0.25) is 4.79 Å². The fourth-order valence-electron chi connectivity index (χ4n) is 4.00. The number of hydrogen-bond donors (Lipinski definition) is 2. The van der Waals surface area contributed by atoms with Gasteiger partial charge in [0.15, 0.2) is 5.11 Å². The van der Waals surface area contributed by atoms with Crippen molar-refractivity contribution in [3.8, 4) is 0 Å². The van der Waals surface area contributed by atoms with Crippen molar-refractivity contribution in [2.24, 2.45) is 11.8 Å². The summed E-state index contributed by atoms with van der Waals surface area (Å²) in [6, 6.07) is 3.63. The van der Waals surface area contributed by atoms with Crippen LogP contribution in [0.4, 0.5) is 18.9 Å². The standard InChI is InChI=1S/C18H21ClF3N3OS/c1-25(17(27)24-15-7-10-2-3-11(15)6-10)9-16(26)23-12-4-5-14(19)13(8-12)18(20,21)22/h4-5,8,10-11,15H,2-3,6-7,9H2,1H3,(H,23,26)(H,24,27)/t10-,11-,15+/m1/s1. The molecule has 2 saturated carbocycles. The number of hydrogen-bond acceptors (Lipinski definition) is 2. The van der Waals surface area contributed by atoms with E-state index in [0.29, 0.717) is 17.1 Å². The van der Waals surface area contributed by atoms with Gasteiger partial charge in [0.1, 0.15) is 0 Å². The normalized spacial score (nSPS) is 24.0. The molecule has 3 rings (SSSR count). The predicted octanol–water partition coefficient (Wildman–Crippen LogP) is 4.29. The van der Waals surface area contributed by atoms with Crippen molar-refractivity contribution in [2.75, 3.05) is 18.9 Å². The molecule has 2 bridgehead atoms. The van der Waals surface area contributed by atoms with E-state index in [0.717, 1.165) is 24.5 Å². The molecular weight excluding hydrogens is 399 g/mol. The average molecular weight is 420 g/mol. The van der Waals surface area contributed by atoms with Gasteiger partial charge in [0.05, 0.1) is 17.1 Å². The molecule has 1 amide bonds. The van der Waals surface area contributed by atoms with Crippen molar-refractivity contribution in [1.82, 2.24) is 10.2 Å². The zero-order valence-corrected chi connectivity index (χ0v) is 16.3. The number of carbonyl (C=O) groups is 1. The van der Waals surface area contributed by atoms with Crippen molar-refractivity contribution in [3.05, 3.63) is 28.8 Å². The summed E-state index contributed by atoms with van der Waals surface area (Å²) in [5.41, 5.74) is -0.944. The van der Waals surface area contributed by atoms with E-state index in [1.165, 1.54) is 25.3 Å². The van der Waals surface area contributed by atoms with E-state index in [9.17, 15) is 18.0 Å². The minimum absolute atomic E-state index is 0.0390. The lowest BCUT2D eigenvalue weighted by molar-refractivity contribution is -0.137. The second kappa shape index (κ2) is 7.83. The molecule has 3 atom stereocenters. The van der Waals surface area contributed by atoms with Crippen molar-refractivity contribution in [3.63, 3.8) is 0 Å². The number of benzene rings is 1. The first-order valence-corrected chi connectivity index (χ1v) is 9.60. The van der Waals surface area contributed by atoms with Gasteiger partial charge in [0.2, 0.25) is 5.91 Å². The summed E-state index contributed by atoms with van der Waals surface area (Å²) in [4.78, 5) is 13.8. The highest BCUT2D eigenvalue weighted by atomic mass is 35.5. The minimum Gasteiger partial charge on any atom is -0.360 e. The highest BCUT2D eigenvalue weighted by Gasteiger charge is 2.40. The molecule has 2 aliphatic carbocycles. The lowest BCUT2D eigenvalue weighted by Gasteiger charge is -2.28. The van der Waals surface area contributed by atoms with Gasteiger partial charge in [0, 0.05) is 18.8 Å². The van der Waals surface area contributed by atoms with E-state index in [4.69, 9.17) is 23.8 Å². The van der Waals surface area contributed by atoms with Crippen LogP contribution >= 0.6 is 23.8 Å². The van der Waals surface area contributed by atoms with Crippen molar-refractivity contribution < 1.29 is 18.0 Å². The first-order chi connectivity index (χ1) is 12.6. The van der Waals surface area contributed by atoms with Crippen molar-refractivity contribution in [2.45, 2.75) is 37.9 Å². The molecule has 148 valence electrons. The van der Waals surface area contributed by atoms with Crippen LogP contribution in [-0.2, 0) is 11.0 Å². The molecule has 0 unspecified atom stereocenters. The molecule has 0 aliphatic heterocycles. The van der Waals surface area contributed by atoms with Gasteiger partial charge in [-0.25, -0.2) is 0 Å². The Morgan fingerprint density at radius 2 is 2.07 bits per heavy atom. The van der Waals surface area contributed by atoms with Gasteiger partial charge in [-0.1, -0.05) is 18.0 Å². The Morgan fingerprint density at radius 1 is 1.33 bits per heavy atom. The molecule has 0 radical (unpaired) electrons. The molecule has 2 fully saturated rings. The highest BCUT2D eigenvalue weighted by Crippen LogP contribution is 2.44. The smallest absolute Gasteiger partial charge is 0.360 e. The number of carbonyl (C=O) groups excluding carboxylic acids is 1. The van der Waals surface area contributed by atoms with Gasteiger partial charge >= 0.3 is 6.18 Å². The highest BCUT2D eigenvalue weighted by molar-refractivity contribution is 7.80. The van der Waals surface area contributed by atoms with Crippen LogP contribution in [0.15, 0.2) is 18.2 Å². The maximum absolute atomic E-state index is 12.9. The SMILES string of the molecule is CN(CC(=O)Nc1ccc(Cl)c(C(F)(F)F)c1)C(=S)N[C@H]1C[C@@H]2CC[C@@H]1C2. The van der Waals surface area contributed by atoms with Gasteiger partial charge in [-0.05, 0) is 61.5 Å². The molecule has 4 nitrogen and oxygen atoms in total. The van der Waals surface area contributed by atoms with E-state index < -0.39 is 22.7 Å². The van der Waals surface area contributed by atoms with Crippen LogP contribution in [0.3, 0.4) is 0 Å². The van der Waals surface area contributed by atoms with E-state index in [2.05, 4.69) is 10.6 Å². The number of likely N-dealkylation sites (N-methyl/N-ethyl adjacent to an activating group) is 1. The molecule has 2 N–H and O–H groups in total. The Kier molecular flexibility index (Phi) is 5.86. The molecule has 0 aromatic heterocycles. The molecule has 9 heteroatoms. The number of anilines is 1. The van der Waals surface area contributed by atoms with E-state index >= 15 is 0 Å². The number of halogens is 4. The predicted molar refractivity (Wildman–Crippen MR) is 103 cm³/mol. The third-order valence-electron chi connectivity index (χ3n) is 5.33. The van der Waals surface area contributed by atoms with Crippen LogP contribution in [-0.4, -0.2) is 35.6 Å². The fraction of sp³-hybridized carbons (Fsp3) is 0.556. The van der Waals surface area contributed by atoms with Crippen LogP contribution in [0.2, 0.25) is 5.02 Å². The van der Waals surface area contributed by atoms with Crippen LogP contribution in [0.1, 0.15) is 31.2 Å². The summed E-state index contributed by atoms with van der Waals surface area (Å²) in [6.07, 6.45) is 0.265. The Labute approximate surface area is 166 Å². The summed E-state index contributed by atoms with van der Waals surface area (Å²) in [5.74, 6) is 0.965. The maximum atomic E-state index is 12.9. The molecular formula is C18H21ClF3N3OS. The number of nitrogens with zero attached hydrogens (tertiary/aromatic N) is 1. The monoisotopic (exact) mass is 419 g/mol. The fourth-order valence-corrected chi connectivity index (χ4v) is 4.44. The van der Waals surface area contributed by atoms with Gasteiger partial charge in [-0.2, -0.15) is 13.2 Å². The third-order valence-corrected chi connectivity index (χ3v) is 6.09. The zero-order valence-electron chi connectivity index (χ0n) is 14.8. The summed E-state index contributed by atoms with van der Waals surface area (Å²) in [5, 5.41) is 5.86. The number of thiocarbonyl (C=S) groups is 1. The Morgan fingerprint density at radius 3 is 2.67 bits per heavy atom. The first-order valence-electron chi connectivity index (χ1n) is 8.81. The Hall–Kier alpha value is -1.54. The second-order valence-electron chi connectivity index (χ2n) is 7.33. The summed E-state index contributed by atoms with van der Waals surface area (Å²) >= 11 is 11.0. The van der Waals surface area contributed by atoms with Gasteiger partial charge in [0.25, 0.3) is 0 Å². The topological polar surface area (TPSA) is 44.4 Å². The summed E-state index contributed by atoms with van der Waals surface area (Å²) in [6.45, 7) is -0.0589. The quantitative estimate of drug-likeness (QED) is 0.714. The number of amides is 1. The van der Waals surface area contributed by atoms with Crippen LogP contribution in [0.5, 0.6) is 0 Å². The largest absolute Gasteiger partial charge is 0.417 e. The second-order valence-corrected chi connectivity index (χ2v) is 8.12. The Bertz CT molecular complexity index is 743. The third kappa shape index (κ3) is 4.85. The lowest BCUT2D eigenvalue weighted by atomic mass is 9.95. The molecule has 1 aromatic rings. The number of alkyl halides is 3. The maximum Gasteiger partial charge on any atom is 0.417 e. The first kappa shape index (κ1) is 20.2. The van der Waals surface area contributed by atoms with Crippen molar-refractivity contribution in [1.29, 1.82) is 0 Å². The van der Waals surface area contributed by atoms with E-state index in [1.807, 2.05) is 0 Å². The molecule has 0 heterocycles. The molecule has 1 aromatic carbocycles. The average Bonchev–Trinajstić information content (AvgIpc) is 3.18. The molecule has 27 heavy (non-hydrogen) atoms. The number of fused-ring (bicyclic) bond motifs is 2. The summed E-state index contributed by atoms with van der Waals surface area (Å²) < 4.78 is 38.7. The van der Waals surface area contributed by atoms with E-state index in [1.54, 1.807) is 11.9 Å². The molecule has 2 aliphatic rings. The molecule has 0 spiro atoms.